The molecule has 0 fully saturated rings. The maximum absolute atomic E-state index is 14.5. The second-order valence-corrected chi connectivity index (χ2v) is 5.45. The Hall–Kier alpha value is -3.15. The molecule has 0 radical (unpaired) electrons. The van der Waals surface area contributed by atoms with Crippen LogP contribution < -0.4 is 11.5 Å². The molecule has 1 atom stereocenters. The molecule has 1 unspecified atom stereocenters. The number of nitrogens with two attached hydrogens (primary N) is 2. The fourth-order valence-electron chi connectivity index (χ4n) is 2.57. The van der Waals surface area contributed by atoms with E-state index in [4.69, 9.17) is 16.0 Å². The Kier molecular flexibility index (Phi) is 4.29. The summed E-state index contributed by atoms with van der Waals surface area (Å²) < 4.78 is 19.5. The van der Waals surface area contributed by atoms with E-state index in [2.05, 4.69) is 10.1 Å². The molecule has 3 aromatic rings. The van der Waals surface area contributed by atoms with Crippen molar-refractivity contribution < 1.29 is 8.91 Å². The lowest BCUT2D eigenvalue weighted by atomic mass is 9.94. The Morgan fingerprint density at radius 3 is 2.58 bits per heavy atom. The van der Waals surface area contributed by atoms with E-state index in [1.165, 1.54) is 12.3 Å². The lowest BCUT2D eigenvalue weighted by Gasteiger charge is -2.12. The molecule has 24 heavy (non-hydrogen) atoms. The van der Waals surface area contributed by atoms with Crippen molar-refractivity contribution in [2.45, 2.75) is 12.8 Å². The summed E-state index contributed by atoms with van der Waals surface area (Å²) in [6.07, 6.45) is 1.36. The molecule has 0 aliphatic rings. The molecule has 0 saturated carbocycles. The zero-order valence-electron chi connectivity index (χ0n) is 13.1. The van der Waals surface area contributed by atoms with Crippen LogP contribution in [0.25, 0.3) is 11.1 Å². The van der Waals surface area contributed by atoms with E-state index in [0.717, 1.165) is 11.1 Å². The van der Waals surface area contributed by atoms with Gasteiger partial charge < -0.3 is 16.0 Å². The van der Waals surface area contributed by atoms with Crippen LogP contribution in [0, 0.1) is 5.82 Å². The van der Waals surface area contributed by atoms with E-state index < -0.39 is 0 Å². The van der Waals surface area contributed by atoms with Gasteiger partial charge >= 0.3 is 0 Å². The van der Waals surface area contributed by atoms with Crippen LogP contribution >= 0.6 is 0 Å². The standard InChI is InChI=1S/C18H17FN4O/c1-11(17-16(10-24-23-17)22-18(20)21)13-7-8-14(15(19)9-13)12-5-3-2-4-6-12/h2-11H,1H3,(H4,20,21,22). The number of hydrogen-bond donors (Lipinski definition) is 2. The third-order valence-corrected chi connectivity index (χ3v) is 3.82. The first-order valence-electron chi connectivity index (χ1n) is 7.45. The SMILES string of the molecule is CC(c1ccc(-c2ccccc2)c(F)c1)c1nocc1N=C(N)N. The van der Waals surface area contributed by atoms with E-state index in [-0.39, 0.29) is 17.7 Å². The van der Waals surface area contributed by atoms with Crippen LogP contribution in [0.5, 0.6) is 0 Å². The van der Waals surface area contributed by atoms with E-state index in [1.807, 2.05) is 43.3 Å². The summed E-state index contributed by atoms with van der Waals surface area (Å²) in [4.78, 5) is 3.98. The molecular formula is C18H17FN4O. The van der Waals surface area contributed by atoms with E-state index >= 15 is 0 Å². The summed E-state index contributed by atoms with van der Waals surface area (Å²) in [5, 5.41) is 3.94. The highest BCUT2D eigenvalue weighted by molar-refractivity contribution is 5.79. The third kappa shape index (κ3) is 3.12. The first-order valence-corrected chi connectivity index (χ1v) is 7.45. The van der Waals surface area contributed by atoms with Crippen molar-refractivity contribution in [3.63, 3.8) is 0 Å². The Labute approximate surface area is 138 Å². The predicted octanol–water partition coefficient (Wildman–Crippen LogP) is 3.54. The minimum atomic E-state index is -0.294. The lowest BCUT2D eigenvalue weighted by Crippen LogP contribution is -2.22. The van der Waals surface area contributed by atoms with Crippen molar-refractivity contribution in [2.24, 2.45) is 16.5 Å². The van der Waals surface area contributed by atoms with Gasteiger partial charge in [0.2, 0.25) is 0 Å². The predicted molar refractivity (Wildman–Crippen MR) is 91.3 cm³/mol. The highest BCUT2D eigenvalue weighted by atomic mass is 19.1. The van der Waals surface area contributed by atoms with Gasteiger partial charge in [-0.25, -0.2) is 9.38 Å². The zero-order chi connectivity index (χ0) is 17.1. The Bertz CT molecular complexity index is 870. The summed E-state index contributed by atoms with van der Waals surface area (Å²) in [7, 11) is 0. The molecule has 1 aromatic heterocycles. The quantitative estimate of drug-likeness (QED) is 0.567. The Morgan fingerprint density at radius 2 is 1.92 bits per heavy atom. The third-order valence-electron chi connectivity index (χ3n) is 3.82. The molecule has 122 valence electrons. The molecular weight excluding hydrogens is 307 g/mol. The summed E-state index contributed by atoms with van der Waals surface area (Å²) >= 11 is 0. The summed E-state index contributed by atoms with van der Waals surface area (Å²) in [5.41, 5.74) is 13.9. The second kappa shape index (κ2) is 6.54. The molecule has 1 heterocycles. The number of hydrogen-bond acceptors (Lipinski definition) is 3. The molecule has 4 N–H and O–H groups in total. The molecule has 5 nitrogen and oxygen atoms in total. The highest BCUT2D eigenvalue weighted by Crippen LogP contribution is 2.33. The first kappa shape index (κ1) is 15.7. The number of guanidine groups is 1. The number of aliphatic imine (C=N–C) groups is 1. The van der Waals surface area contributed by atoms with Gasteiger partial charge in [0.25, 0.3) is 0 Å². The van der Waals surface area contributed by atoms with Gasteiger partial charge in [0.1, 0.15) is 23.5 Å². The van der Waals surface area contributed by atoms with Gasteiger partial charge in [-0.1, -0.05) is 54.5 Å². The topological polar surface area (TPSA) is 90.4 Å². The van der Waals surface area contributed by atoms with Gasteiger partial charge in [-0.05, 0) is 17.2 Å². The molecule has 3 rings (SSSR count). The fourth-order valence-corrected chi connectivity index (χ4v) is 2.57. The van der Waals surface area contributed by atoms with Crippen molar-refractivity contribution in [3.8, 4) is 11.1 Å². The van der Waals surface area contributed by atoms with E-state index in [1.54, 1.807) is 6.07 Å². The van der Waals surface area contributed by atoms with Crippen molar-refractivity contribution in [3.05, 3.63) is 71.9 Å². The maximum atomic E-state index is 14.5. The normalized spacial score (nSPS) is 11.9. The molecule has 0 aliphatic carbocycles. The summed E-state index contributed by atoms with van der Waals surface area (Å²) in [6.45, 7) is 1.89. The monoisotopic (exact) mass is 324 g/mol. The maximum Gasteiger partial charge on any atom is 0.191 e. The molecule has 0 saturated heterocycles. The average molecular weight is 324 g/mol. The smallest absolute Gasteiger partial charge is 0.191 e. The minimum Gasteiger partial charge on any atom is -0.370 e. The molecule has 0 aliphatic heterocycles. The van der Waals surface area contributed by atoms with Gasteiger partial charge in [-0.15, -0.1) is 0 Å². The van der Waals surface area contributed by atoms with Crippen molar-refractivity contribution in [1.82, 2.24) is 5.16 Å². The summed E-state index contributed by atoms with van der Waals surface area (Å²) in [6, 6.07) is 14.5. The lowest BCUT2D eigenvalue weighted by molar-refractivity contribution is 0.409. The molecule has 0 amide bonds. The average Bonchev–Trinajstić information content (AvgIpc) is 3.02. The van der Waals surface area contributed by atoms with E-state index in [9.17, 15) is 4.39 Å². The zero-order valence-corrected chi connectivity index (χ0v) is 13.1. The van der Waals surface area contributed by atoms with Crippen molar-refractivity contribution in [1.29, 1.82) is 0 Å². The second-order valence-electron chi connectivity index (χ2n) is 5.45. The van der Waals surface area contributed by atoms with Crippen LogP contribution in [-0.4, -0.2) is 11.1 Å². The molecule has 6 heteroatoms. The van der Waals surface area contributed by atoms with Crippen LogP contribution in [0.15, 0.2) is 64.3 Å². The molecule has 0 spiro atoms. The van der Waals surface area contributed by atoms with Gasteiger partial charge in [-0.3, -0.25) is 0 Å². The van der Waals surface area contributed by atoms with Crippen molar-refractivity contribution >= 4 is 11.6 Å². The number of benzene rings is 2. The number of aromatic nitrogens is 1. The molecule has 2 aromatic carbocycles. The molecule has 0 bridgehead atoms. The first-order chi connectivity index (χ1) is 11.6. The highest BCUT2D eigenvalue weighted by Gasteiger charge is 2.19. The van der Waals surface area contributed by atoms with Crippen LogP contribution in [0.3, 0.4) is 0 Å². The van der Waals surface area contributed by atoms with Crippen LogP contribution in [0.2, 0.25) is 0 Å². The van der Waals surface area contributed by atoms with Crippen LogP contribution in [-0.2, 0) is 0 Å². The van der Waals surface area contributed by atoms with E-state index in [0.29, 0.717) is 16.9 Å². The van der Waals surface area contributed by atoms with Gasteiger partial charge in [0.15, 0.2) is 5.96 Å². The van der Waals surface area contributed by atoms with Gasteiger partial charge in [-0.2, -0.15) is 0 Å². The fraction of sp³-hybridized carbons (Fsp3) is 0.111. The Balaban J connectivity index is 1.95. The number of rotatable bonds is 4. The van der Waals surface area contributed by atoms with Crippen molar-refractivity contribution in [2.75, 3.05) is 0 Å². The summed E-state index contributed by atoms with van der Waals surface area (Å²) in [5.74, 6) is -0.601. The number of nitrogens with zero attached hydrogens (tertiary/aromatic N) is 2. The number of halogens is 1. The minimum absolute atomic E-state index is 0.0859. The van der Waals surface area contributed by atoms with Crippen LogP contribution in [0.1, 0.15) is 24.1 Å². The van der Waals surface area contributed by atoms with Gasteiger partial charge in [0.05, 0.1) is 0 Å². The Morgan fingerprint density at radius 1 is 1.17 bits per heavy atom. The largest absolute Gasteiger partial charge is 0.370 e. The van der Waals surface area contributed by atoms with Gasteiger partial charge in [0, 0.05) is 11.5 Å². The van der Waals surface area contributed by atoms with Crippen LogP contribution in [0.4, 0.5) is 10.1 Å².